The molecule has 2 aliphatic heterocycles. The molecule has 2 aliphatic rings. The minimum Gasteiger partial charge on any atom is -0.457 e. The SMILES string of the molecule is CC(=O)c1ccc2c(c1)C(=O)N(c1ccc(N3C(=O)c4ccc(C(=O)c5ccc(Oc6ccc(C)cc6)cc5)cc4C3=O)cc1)C2=O. The molecule has 0 N–H and O–H groups in total. The number of anilines is 2. The van der Waals surface area contributed by atoms with Gasteiger partial charge in [-0.2, -0.15) is 0 Å². The Hall–Kier alpha value is -6.48. The van der Waals surface area contributed by atoms with Crippen molar-refractivity contribution in [1.29, 1.82) is 0 Å². The molecular formula is C38H24N2O7. The molecule has 9 heteroatoms. The second-order valence-corrected chi connectivity index (χ2v) is 11.3. The maximum Gasteiger partial charge on any atom is 0.266 e. The molecule has 5 aromatic rings. The number of benzene rings is 5. The van der Waals surface area contributed by atoms with E-state index in [4.69, 9.17) is 4.74 Å². The van der Waals surface area contributed by atoms with E-state index in [2.05, 4.69) is 0 Å². The summed E-state index contributed by atoms with van der Waals surface area (Å²) in [6, 6.07) is 28.8. The first-order valence-corrected chi connectivity index (χ1v) is 14.7. The highest BCUT2D eigenvalue weighted by atomic mass is 16.5. The van der Waals surface area contributed by atoms with Crippen molar-refractivity contribution >= 4 is 46.6 Å². The molecule has 0 spiro atoms. The van der Waals surface area contributed by atoms with Crippen LogP contribution in [0.15, 0.2) is 109 Å². The van der Waals surface area contributed by atoms with Gasteiger partial charge in [-0.25, -0.2) is 9.80 Å². The highest BCUT2D eigenvalue weighted by Crippen LogP contribution is 2.34. The molecule has 0 saturated carbocycles. The summed E-state index contributed by atoms with van der Waals surface area (Å²) in [5.74, 6) is -1.61. The topological polar surface area (TPSA) is 118 Å². The Morgan fingerprint density at radius 3 is 1.38 bits per heavy atom. The van der Waals surface area contributed by atoms with Crippen LogP contribution in [0.25, 0.3) is 0 Å². The Morgan fingerprint density at radius 2 is 0.894 bits per heavy atom. The Morgan fingerprint density at radius 1 is 0.489 bits per heavy atom. The monoisotopic (exact) mass is 620 g/mol. The van der Waals surface area contributed by atoms with E-state index in [0.29, 0.717) is 22.6 Å². The van der Waals surface area contributed by atoms with E-state index in [0.717, 1.165) is 15.4 Å². The minimum atomic E-state index is -0.605. The summed E-state index contributed by atoms with van der Waals surface area (Å²) in [6.45, 7) is 3.36. The lowest BCUT2D eigenvalue weighted by atomic mass is 9.99. The largest absolute Gasteiger partial charge is 0.457 e. The molecular weight excluding hydrogens is 596 g/mol. The second-order valence-electron chi connectivity index (χ2n) is 11.3. The van der Waals surface area contributed by atoms with Crippen LogP contribution < -0.4 is 14.5 Å². The quantitative estimate of drug-likeness (QED) is 0.145. The normalized spacial score (nSPS) is 13.6. The Bertz CT molecular complexity index is 2180. The molecule has 228 valence electrons. The molecule has 0 radical (unpaired) electrons. The zero-order chi connectivity index (χ0) is 33.0. The highest BCUT2D eigenvalue weighted by molar-refractivity contribution is 6.36. The van der Waals surface area contributed by atoms with Gasteiger partial charge in [-0.3, -0.25) is 28.8 Å². The van der Waals surface area contributed by atoms with E-state index >= 15 is 0 Å². The first-order valence-electron chi connectivity index (χ1n) is 14.7. The van der Waals surface area contributed by atoms with Gasteiger partial charge in [-0.15, -0.1) is 0 Å². The Kier molecular flexibility index (Phi) is 6.94. The first kappa shape index (κ1) is 29.2. The van der Waals surface area contributed by atoms with E-state index in [-0.39, 0.29) is 50.8 Å². The van der Waals surface area contributed by atoms with Gasteiger partial charge >= 0.3 is 0 Å². The number of hydrogen-bond donors (Lipinski definition) is 0. The molecule has 4 amide bonds. The molecule has 2 heterocycles. The van der Waals surface area contributed by atoms with Crippen LogP contribution in [0.4, 0.5) is 11.4 Å². The number of amides is 4. The van der Waals surface area contributed by atoms with E-state index < -0.39 is 23.6 Å². The molecule has 0 saturated heterocycles. The van der Waals surface area contributed by atoms with Crippen molar-refractivity contribution in [3.63, 3.8) is 0 Å². The van der Waals surface area contributed by atoms with Crippen LogP contribution in [0, 0.1) is 6.92 Å². The number of fused-ring (bicyclic) bond motifs is 2. The van der Waals surface area contributed by atoms with Crippen LogP contribution >= 0.6 is 0 Å². The Balaban J connectivity index is 1.09. The third kappa shape index (κ3) is 5.00. The fraction of sp³-hybridized carbons (Fsp3) is 0.0526. The number of ether oxygens (including phenoxy) is 1. The highest BCUT2D eigenvalue weighted by Gasteiger charge is 2.39. The lowest BCUT2D eigenvalue weighted by molar-refractivity contribution is 0.0909. The van der Waals surface area contributed by atoms with Gasteiger partial charge in [0.25, 0.3) is 23.6 Å². The summed E-state index contributed by atoms with van der Waals surface area (Å²) in [7, 11) is 0. The van der Waals surface area contributed by atoms with Crippen LogP contribution in [0.5, 0.6) is 11.5 Å². The number of carbonyl (C=O) groups is 6. The van der Waals surface area contributed by atoms with Gasteiger partial charge in [0.15, 0.2) is 11.6 Å². The predicted octanol–water partition coefficient (Wildman–Crippen LogP) is 6.82. The number of Topliss-reactive ketones (excluding diaryl/α,β-unsaturated/α-hetero) is 1. The fourth-order valence-corrected chi connectivity index (χ4v) is 5.65. The molecule has 0 unspecified atom stereocenters. The van der Waals surface area contributed by atoms with Crippen molar-refractivity contribution in [2.75, 3.05) is 9.80 Å². The molecule has 0 aliphatic carbocycles. The number of nitrogens with zero attached hydrogens (tertiary/aromatic N) is 2. The summed E-state index contributed by atoms with van der Waals surface area (Å²) in [5, 5.41) is 0. The van der Waals surface area contributed by atoms with E-state index in [1.54, 1.807) is 24.3 Å². The summed E-state index contributed by atoms with van der Waals surface area (Å²) in [4.78, 5) is 80.0. The third-order valence-electron chi connectivity index (χ3n) is 8.18. The maximum atomic E-state index is 13.5. The maximum absolute atomic E-state index is 13.5. The molecule has 5 aromatic carbocycles. The minimum absolute atomic E-state index is 0.0888. The standard InChI is InChI=1S/C38H24N2O7/c1-21-3-13-28(14-4-21)47-29-15-5-23(6-16-29)34(42)25-8-18-31-33(20-25)38(46)40(36(31)44)27-11-9-26(10-12-27)39-35(43)30-17-7-24(22(2)41)19-32(30)37(39)45/h3-20H,1-2H3. The summed E-state index contributed by atoms with van der Waals surface area (Å²) < 4.78 is 5.84. The predicted molar refractivity (Wildman–Crippen MR) is 173 cm³/mol. The fourth-order valence-electron chi connectivity index (χ4n) is 5.65. The molecule has 47 heavy (non-hydrogen) atoms. The number of hydrogen-bond acceptors (Lipinski definition) is 7. The summed E-state index contributed by atoms with van der Waals surface area (Å²) in [6.07, 6.45) is 0. The van der Waals surface area contributed by atoms with E-state index in [1.165, 1.54) is 67.6 Å². The van der Waals surface area contributed by atoms with Crippen LogP contribution in [0.1, 0.15) is 80.2 Å². The van der Waals surface area contributed by atoms with E-state index in [1.807, 2.05) is 31.2 Å². The number of imide groups is 2. The lowest BCUT2D eigenvalue weighted by Gasteiger charge is -2.17. The van der Waals surface area contributed by atoms with Gasteiger partial charge in [0, 0.05) is 16.7 Å². The van der Waals surface area contributed by atoms with Crippen molar-refractivity contribution in [3.05, 3.63) is 154 Å². The summed E-state index contributed by atoms with van der Waals surface area (Å²) in [5.41, 5.74) is 3.08. The zero-order valence-electron chi connectivity index (χ0n) is 25.1. The van der Waals surface area contributed by atoms with Crippen LogP contribution in [0.3, 0.4) is 0 Å². The third-order valence-corrected chi connectivity index (χ3v) is 8.18. The van der Waals surface area contributed by atoms with Gasteiger partial charge in [-0.1, -0.05) is 29.8 Å². The number of ketones is 2. The number of carbonyl (C=O) groups excluding carboxylic acids is 6. The number of aryl methyl sites for hydroxylation is 1. The summed E-state index contributed by atoms with van der Waals surface area (Å²) >= 11 is 0. The van der Waals surface area contributed by atoms with Crippen LogP contribution in [-0.2, 0) is 0 Å². The van der Waals surface area contributed by atoms with Crippen molar-refractivity contribution in [2.45, 2.75) is 13.8 Å². The smallest absolute Gasteiger partial charge is 0.266 e. The molecule has 0 bridgehead atoms. The average Bonchev–Trinajstić information content (AvgIpc) is 3.49. The number of rotatable bonds is 7. The van der Waals surface area contributed by atoms with Crippen molar-refractivity contribution in [3.8, 4) is 11.5 Å². The van der Waals surface area contributed by atoms with Gasteiger partial charge in [0.2, 0.25) is 0 Å². The van der Waals surface area contributed by atoms with Gasteiger partial charge in [0.05, 0.1) is 33.6 Å². The molecule has 0 fully saturated rings. The van der Waals surface area contributed by atoms with E-state index in [9.17, 15) is 28.8 Å². The van der Waals surface area contributed by atoms with Gasteiger partial charge in [0.1, 0.15) is 11.5 Å². The molecule has 0 atom stereocenters. The van der Waals surface area contributed by atoms with Crippen molar-refractivity contribution in [1.82, 2.24) is 0 Å². The molecule has 9 nitrogen and oxygen atoms in total. The lowest BCUT2D eigenvalue weighted by Crippen LogP contribution is -2.30. The van der Waals surface area contributed by atoms with Gasteiger partial charge in [-0.05, 0) is 98.8 Å². The van der Waals surface area contributed by atoms with Crippen molar-refractivity contribution < 1.29 is 33.5 Å². The van der Waals surface area contributed by atoms with Crippen LogP contribution in [0.2, 0.25) is 0 Å². The zero-order valence-corrected chi connectivity index (χ0v) is 25.1. The average molecular weight is 621 g/mol. The Labute approximate surface area is 268 Å². The second kappa shape index (κ2) is 11.1. The van der Waals surface area contributed by atoms with Crippen LogP contribution in [-0.4, -0.2) is 35.2 Å². The molecule has 7 rings (SSSR count). The van der Waals surface area contributed by atoms with Crippen molar-refractivity contribution in [2.24, 2.45) is 0 Å². The molecule has 0 aromatic heterocycles. The first-order chi connectivity index (χ1) is 22.6. The van der Waals surface area contributed by atoms with Gasteiger partial charge < -0.3 is 4.74 Å².